The monoisotopic (exact) mass is 334 g/mol. The standard InChI is InChI=1S/C17H22N2O5/c1-18(12-16(21)19-8-10-24-11-9-19)15(20)7-6-13-4-2-3-5-14(13)17(22)23/h2-5H,6-12H2,1H3,(H,22,23). The van der Waals surface area contributed by atoms with E-state index in [4.69, 9.17) is 9.84 Å². The first-order valence-corrected chi connectivity index (χ1v) is 7.89. The Bertz CT molecular complexity index is 611. The average molecular weight is 334 g/mol. The van der Waals surface area contributed by atoms with E-state index in [9.17, 15) is 14.4 Å². The Morgan fingerprint density at radius 3 is 2.54 bits per heavy atom. The number of nitrogens with zero attached hydrogens (tertiary/aromatic N) is 2. The SMILES string of the molecule is CN(CC(=O)N1CCOCC1)C(=O)CCc1ccccc1C(=O)O. The Kier molecular flexibility index (Phi) is 6.31. The number of ether oxygens (including phenoxy) is 1. The third-order valence-corrected chi connectivity index (χ3v) is 4.02. The van der Waals surface area contributed by atoms with Gasteiger partial charge in [0.25, 0.3) is 0 Å². The largest absolute Gasteiger partial charge is 0.478 e. The first kappa shape index (κ1) is 17.9. The van der Waals surface area contributed by atoms with Gasteiger partial charge in [-0.25, -0.2) is 4.79 Å². The molecule has 1 aliphatic heterocycles. The van der Waals surface area contributed by atoms with Crippen molar-refractivity contribution >= 4 is 17.8 Å². The Morgan fingerprint density at radius 1 is 1.21 bits per heavy atom. The number of carboxylic acid groups (broad SMARTS) is 1. The number of carboxylic acids is 1. The molecule has 1 aliphatic rings. The van der Waals surface area contributed by atoms with E-state index in [1.807, 2.05) is 0 Å². The number of carbonyl (C=O) groups excluding carboxylic acids is 2. The van der Waals surface area contributed by atoms with Crippen LogP contribution in [0.25, 0.3) is 0 Å². The van der Waals surface area contributed by atoms with Crippen molar-refractivity contribution in [1.82, 2.24) is 9.80 Å². The van der Waals surface area contributed by atoms with Gasteiger partial charge >= 0.3 is 5.97 Å². The summed E-state index contributed by atoms with van der Waals surface area (Å²) in [7, 11) is 1.59. The first-order chi connectivity index (χ1) is 11.5. The summed E-state index contributed by atoms with van der Waals surface area (Å²) in [6, 6.07) is 6.63. The lowest BCUT2D eigenvalue weighted by Crippen LogP contribution is -2.46. The number of morpholine rings is 1. The maximum atomic E-state index is 12.2. The van der Waals surface area contributed by atoms with Crippen molar-refractivity contribution in [1.29, 1.82) is 0 Å². The van der Waals surface area contributed by atoms with E-state index < -0.39 is 5.97 Å². The normalized spacial score (nSPS) is 14.3. The molecule has 1 aromatic rings. The van der Waals surface area contributed by atoms with Crippen molar-refractivity contribution in [2.45, 2.75) is 12.8 Å². The van der Waals surface area contributed by atoms with Crippen LogP contribution < -0.4 is 0 Å². The molecule has 0 aromatic heterocycles. The molecule has 0 unspecified atom stereocenters. The van der Waals surface area contributed by atoms with E-state index in [1.165, 1.54) is 11.0 Å². The smallest absolute Gasteiger partial charge is 0.335 e. The summed E-state index contributed by atoms with van der Waals surface area (Å²) in [5, 5.41) is 9.15. The van der Waals surface area contributed by atoms with Gasteiger partial charge < -0.3 is 19.6 Å². The zero-order valence-electron chi connectivity index (χ0n) is 13.7. The van der Waals surface area contributed by atoms with E-state index in [-0.39, 0.29) is 30.3 Å². The van der Waals surface area contributed by atoms with Crippen LogP contribution in [0.5, 0.6) is 0 Å². The fourth-order valence-corrected chi connectivity index (χ4v) is 2.58. The predicted octanol–water partition coefficient (Wildman–Crippen LogP) is 0.635. The zero-order valence-corrected chi connectivity index (χ0v) is 13.7. The summed E-state index contributed by atoms with van der Waals surface area (Å²) in [5.74, 6) is -1.29. The summed E-state index contributed by atoms with van der Waals surface area (Å²) in [6.45, 7) is 2.17. The Hall–Kier alpha value is -2.41. The Balaban J connectivity index is 1.85. The van der Waals surface area contributed by atoms with Crippen LogP contribution in [0.15, 0.2) is 24.3 Å². The number of carbonyl (C=O) groups is 3. The highest BCUT2D eigenvalue weighted by molar-refractivity contribution is 5.90. The van der Waals surface area contributed by atoms with Gasteiger partial charge in [-0.3, -0.25) is 9.59 Å². The molecule has 24 heavy (non-hydrogen) atoms. The van der Waals surface area contributed by atoms with Crippen LogP contribution in [0.4, 0.5) is 0 Å². The number of rotatable bonds is 6. The number of aryl methyl sites for hydroxylation is 1. The van der Waals surface area contributed by atoms with Crippen LogP contribution in [0.3, 0.4) is 0 Å². The number of likely N-dealkylation sites (N-methyl/N-ethyl adjacent to an activating group) is 1. The molecule has 2 amide bonds. The van der Waals surface area contributed by atoms with Crippen LogP contribution in [-0.2, 0) is 20.7 Å². The van der Waals surface area contributed by atoms with Crippen molar-refractivity contribution in [3.8, 4) is 0 Å². The molecule has 0 radical (unpaired) electrons. The van der Waals surface area contributed by atoms with Gasteiger partial charge in [-0.05, 0) is 18.1 Å². The quantitative estimate of drug-likeness (QED) is 0.825. The predicted molar refractivity (Wildman–Crippen MR) is 86.8 cm³/mol. The Morgan fingerprint density at radius 2 is 1.88 bits per heavy atom. The molecule has 0 saturated carbocycles. The molecule has 0 atom stereocenters. The summed E-state index contributed by atoms with van der Waals surface area (Å²) < 4.78 is 5.20. The molecule has 0 aliphatic carbocycles. The number of aromatic carboxylic acids is 1. The minimum Gasteiger partial charge on any atom is -0.478 e. The van der Waals surface area contributed by atoms with Crippen LogP contribution in [0.2, 0.25) is 0 Å². The third-order valence-electron chi connectivity index (χ3n) is 4.02. The lowest BCUT2D eigenvalue weighted by Gasteiger charge is -2.28. The van der Waals surface area contributed by atoms with Gasteiger partial charge in [0.1, 0.15) is 0 Å². The molecule has 130 valence electrons. The summed E-state index contributed by atoms with van der Waals surface area (Å²) in [5.41, 5.74) is 0.823. The fraction of sp³-hybridized carbons (Fsp3) is 0.471. The molecule has 1 saturated heterocycles. The van der Waals surface area contributed by atoms with Gasteiger partial charge in [0.15, 0.2) is 0 Å². The molecular formula is C17H22N2O5. The van der Waals surface area contributed by atoms with E-state index in [2.05, 4.69) is 0 Å². The van der Waals surface area contributed by atoms with E-state index in [0.29, 0.717) is 38.3 Å². The zero-order chi connectivity index (χ0) is 17.5. The number of amides is 2. The molecule has 1 N–H and O–H groups in total. The second-order valence-corrected chi connectivity index (χ2v) is 5.71. The molecule has 2 rings (SSSR count). The highest BCUT2D eigenvalue weighted by atomic mass is 16.5. The second kappa shape index (κ2) is 8.44. The van der Waals surface area contributed by atoms with Gasteiger partial charge in [0, 0.05) is 26.6 Å². The molecule has 1 aromatic carbocycles. The summed E-state index contributed by atoms with van der Waals surface area (Å²) in [6.07, 6.45) is 0.495. The van der Waals surface area contributed by atoms with Crippen LogP contribution in [0, 0.1) is 0 Å². The van der Waals surface area contributed by atoms with E-state index >= 15 is 0 Å². The first-order valence-electron chi connectivity index (χ1n) is 7.89. The lowest BCUT2D eigenvalue weighted by atomic mass is 10.0. The molecule has 1 fully saturated rings. The number of hydrogen-bond donors (Lipinski definition) is 1. The Labute approximate surface area is 140 Å². The highest BCUT2D eigenvalue weighted by Crippen LogP contribution is 2.12. The number of hydrogen-bond acceptors (Lipinski definition) is 4. The van der Waals surface area contributed by atoms with Gasteiger partial charge in [-0.1, -0.05) is 18.2 Å². The van der Waals surface area contributed by atoms with Crippen molar-refractivity contribution in [3.63, 3.8) is 0 Å². The van der Waals surface area contributed by atoms with Crippen LogP contribution >= 0.6 is 0 Å². The third kappa shape index (κ3) is 4.79. The molecule has 7 heteroatoms. The van der Waals surface area contributed by atoms with Crippen LogP contribution in [0.1, 0.15) is 22.3 Å². The topological polar surface area (TPSA) is 87.2 Å². The maximum Gasteiger partial charge on any atom is 0.335 e. The maximum absolute atomic E-state index is 12.2. The average Bonchev–Trinajstić information content (AvgIpc) is 2.60. The number of benzene rings is 1. The van der Waals surface area contributed by atoms with Gasteiger partial charge in [0.2, 0.25) is 11.8 Å². The molecule has 7 nitrogen and oxygen atoms in total. The summed E-state index contributed by atoms with van der Waals surface area (Å²) in [4.78, 5) is 38.6. The van der Waals surface area contributed by atoms with Crippen molar-refractivity contribution in [2.24, 2.45) is 0 Å². The van der Waals surface area contributed by atoms with Crippen LogP contribution in [-0.4, -0.2) is 72.6 Å². The van der Waals surface area contributed by atoms with E-state index in [1.54, 1.807) is 30.1 Å². The van der Waals surface area contributed by atoms with Gasteiger partial charge in [0.05, 0.1) is 25.3 Å². The molecular weight excluding hydrogens is 312 g/mol. The minimum absolute atomic E-state index is 0.0272. The lowest BCUT2D eigenvalue weighted by molar-refractivity contribution is -0.141. The fourth-order valence-electron chi connectivity index (χ4n) is 2.58. The molecule has 1 heterocycles. The minimum atomic E-state index is -1.01. The summed E-state index contributed by atoms with van der Waals surface area (Å²) >= 11 is 0. The second-order valence-electron chi connectivity index (χ2n) is 5.71. The molecule has 0 bridgehead atoms. The van der Waals surface area contributed by atoms with Gasteiger partial charge in [-0.15, -0.1) is 0 Å². The molecule has 0 spiro atoms. The van der Waals surface area contributed by atoms with E-state index in [0.717, 1.165) is 0 Å². The van der Waals surface area contributed by atoms with Crippen molar-refractivity contribution < 1.29 is 24.2 Å². The van der Waals surface area contributed by atoms with Gasteiger partial charge in [-0.2, -0.15) is 0 Å². The highest BCUT2D eigenvalue weighted by Gasteiger charge is 2.20. The van der Waals surface area contributed by atoms with Crippen molar-refractivity contribution in [2.75, 3.05) is 39.9 Å². The van der Waals surface area contributed by atoms with Crippen molar-refractivity contribution in [3.05, 3.63) is 35.4 Å².